The van der Waals surface area contributed by atoms with Gasteiger partial charge in [0.05, 0.1) is 11.6 Å². The molecule has 1 fully saturated rings. The molecule has 1 saturated carbocycles. The molecule has 0 aromatic heterocycles. The number of nitrogens with zero attached hydrogens (tertiary/aromatic N) is 1. The zero-order chi connectivity index (χ0) is 22.2. The minimum absolute atomic E-state index is 0.00885. The molecule has 0 unspecified atom stereocenters. The highest BCUT2D eigenvalue weighted by Gasteiger charge is 2.20. The first-order valence-electron chi connectivity index (χ1n) is 10.3. The van der Waals surface area contributed by atoms with Gasteiger partial charge in [-0.3, -0.25) is 4.79 Å². The minimum atomic E-state index is -0.400. The maximum Gasteiger partial charge on any atom is 0.262 e. The molecule has 0 spiro atoms. The Bertz CT molecular complexity index is 1010. The van der Waals surface area contributed by atoms with E-state index in [-0.39, 0.29) is 34.8 Å². The van der Waals surface area contributed by atoms with Crippen LogP contribution in [0.15, 0.2) is 42.0 Å². The summed E-state index contributed by atoms with van der Waals surface area (Å²) in [7, 11) is 0. The van der Waals surface area contributed by atoms with Crippen molar-refractivity contribution in [2.45, 2.75) is 45.3 Å². The summed E-state index contributed by atoms with van der Waals surface area (Å²) in [4.78, 5) is 12.5. The molecule has 162 valence electrons. The predicted molar refractivity (Wildman–Crippen MR) is 117 cm³/mol. The van der Waals surface area contributed by atoms with E-state index in [0.717, 1.165) is 25.7 Å². The van der Waals surface area contributed by atoms with Gasteiger partial charge in [-0.2, -0.15) is 5.26 Å². The number of rotatable bonds is 8. The summed E-state index contributed by atoms with van der Waals surface area (Å²) in [6.07, 6.45) is 5.49. The second-order valence-electron chi connectivity index (χ2n) is 7.27. The van der Waals surface area contributed by atoms with Crippen molar-refractivity contribution in [2.24, 2.45) is 0 Å². The van der Waals surface area contributed by atoms with Crippen molar-refractivity contribution in [3.8, 4) is 17.6 Å². The zero-order valence-corrected chi connectivity index (χ0v) is 18.0. The third-order valence-corrected chi connectivity index (χ3v) is 5.31. The van der Waals surface area contributed by atoms with Crippen molar-refractivity contribution in [3.05, 3.63) is 63.9 Å². The molecule has 0 aliphatic heterocycles. The number of carbonyl (C=O) groups is 1. The summed E-state index contributed by atoms with van der Waals surface area (Å²) in [6.45, 7) is 2.15. The summed E-state index contributed by atoms with van der Waals surface area (Å²) >= 11 is 6.41. The van der Waals surface area contributed by atoms with E-state index in [9.17, 15) is 14.4 Å². The van der Waals surface area contributed by atoms with Crippen LogP contribution < -0.4 is 14.8 Å². The standard InChI is InChI=1S/C24H24ClFN2O3/c1-2-30-22-13-16(11-18(14-27)24(29)28-19-8-4-5-9-19)12-20(25)23(22)31-15-17-7-3-6-10-21(17)26/h3,6-7,10-13,19H,2,4-5,8-9,15H2,1H3,(H,28,29)/b18-11-. The van der Waals surface area contributed by atoms with Crippen LogP contribution in [0.5, 0.6) is 11.5 Å². The average Bonchev–Trinajstić information content (AvgIpc) is 3.25. The van der Waals surface area contributed by atoms with Crippen molar-refractivity contribution < 1.29 is 18.7 Å². The highest BCUT2D eigenvalue weighted by Crippen LogP contribution is 2.38. The highest BCUT2D eigenvalue weighted by atomic mass is 35.5. The lowest BCUT2D eigenvalue weighted by Gasteiger charge is -2.15. The topological polar surface area (TPSA) is 71.3 Å². The van der Waals surface area contributed by atoms with Crippen LogP contribution in [-0.2, 0) is 11.4 Å². The van der Waals surface area contributed by atoms with Crippen molar-refractivity contribution in [1.29, 1.82) is 5.26 Å². The molecule has 0 saturated heterocycles. The molecule has 1 aliphatic rings. The lowest BCUT2D eigenvalue weighted by molar-refractivity contribution is -0.117. The van der Waals surface area contributed by atoms with Crippen LogP contribution in [-0.4, -0.2) is 18.6 Å². The number of nitriles is 1. The lowest BCUT2D eigenvalue weighted by atomic mass is 10.1. The lowest BCUT2D eigenvalue weighted by Crippen LogP contribution is -2.33. The van der Waals surface area contributed by atoms with Crippen LogP contribution in [0.1, 0.15) is 43.7 Å². The number of hydrogen-bond acceptors (Lipinski definition) is 4. The third-order valence-electron chi connectivity index (χ3n) is 5.03. The van der Waals surface area contributed by atoms with Crippen molar-refractivity contribution in [2.75, 3.05) is 6.61 Å². The van der Waals surface area contributed by atoms with E-state index in [1.165, 1.54) is 12.1 Å². The molecule has 7 heteroatoms. The van der Waals surface area contributed by atoms with E-state index in [2.05, 4.69) is 5.32 Å². The van der Waals surface area contributed by atoms with Crippen LogP contribution in [0, 0.1) is 17.1 Å². The van der Waals surface area contributed by atoms with Gasteiger partial charge in [0.2, 0.25) is 0 Å². The molecule has 2 aromatic rings. The van der Waals surface area contributed by atoms with Gasteiger partial charge in [0, 0.05) is 11.6 Å². The predicted octanol–water partition coefficient (Wildman–Crippen LogP) is 5.42. The Balaban J connectivity index is 1.82. The Morgan fingerprint density at radius 3 is 2.71 bits per heavy atom. The highest BCUT2D eigenvalue weighted by molar-refractivity contribution is 6.32. The summed E-state index contributed by atoms with van der Waals surface area (Å²) in [5.41, 5.74) is 0.913. The van der Waals surface area contributed by atoms with Crippen LogP contribution in [0.3, 0.4) is 0 Å². The fourth-order valence-electron chi connectivity index (χ4n) is 3.49. The molecule has 0 heterocycles. The number of halogens is 2. The Morgan fingerprint density at radius 2 is 2.03 bits per heavy atom. The van der Waals surface area contributed by atoms with Crippen LogP contribution in [0.2, 0.25) is 5.02 Å². The maximum absolute atomic E-state index is 13.9. The molecular formula is C24H24ClFN2O3. The molecule has 3 rings (SSSR count). The Kier molecular flexibility index (Phi) is 7.91. The van der Waals surface area contributed by atoms with E-state index in [1.54, 1.807) is 30.3 Å². The fourth-order valence-corrected chi connectivity index (χ4v) is 3.76. The maximum atomic E-state index is 13.9. The van der Waals surface area contributed by atoms with E-state index >= 15 is 0 Å². The fraction of sp³-hybridized carbons (Fsp3) is 0.333. The first-order chi connectivity index (χ1) is 15.0. The second-order valence-corrected chi connectivity index (χ2v) is 7.67. The first-order valence-corrected chi connectivity index (χ1v) is 10.6. The zero-order valence-electron chi connectivity index (χ0n) is 17.3. The van der Waals surface area contributed by atoms with Crippen LogP contribution >= 0.6 is 11.6 Å². The minimum Gasteiger partial charge on any atom is -0.490 e. The van der Waals surface area contributed by atoms with E-state index in [0.29, 0.717) is 23.5 Å². The average molecular weight is 443 g/mol. The van der Waals surface area contributed by atoms with Gasteiger partial charge in [0.1, 0.15) is 24.1 Å². The molecule has 1 N–H and O–H groups in total. The number of hydrogen-bond donors (Lipinski definition) is 1. The van der Waals surface area contributed by atoms with Gasteiger partial charge in [-0.25, -0.2) is 4.39 Å². The summed E-state index contributed by atoms with van der Waals surface area (Å²) in [5.74, 6) is -0.143. The van der Waals surface area contributed by atoms with E-state index < -0.39 is 5.91 Å². The van der Waals surface area contributed by atoms with Crippen LogP contribution in [0.25, 0.3) is 6.08 Å². The van der Waals surface area contributed by atoms with Gasteiger partial charge in [0.25, 0.3) is 5.91 Å². The summed E-state index contributed by atoms with van der Waals surface area (Å²) in [5, 5.41) is 12.6. The Labute approximate surface area is 186 Å². The van der Waals surface area contributed by atoms with Gasteiger partial charge in [-0.05, 0) is 49.6 Å². The van der Waals surface area contributed by atoms with Gasteiger partial charge >= 0.3 is 0 Å². The number of ether oxygens (including phenoxy) is 2. The quantitative estimate of drug-likeness (QED) is 0.437. The molecular weight excluding hydrogens is 419 g/mol. The molecule has 31 heavy (non-hydrogen) atoms. The number of benzene rings is 2. The molecule has 0 radical (unpaired) electrons. The van der Waals surface area contributed by atoms with E-state index in [4.69, 9.17) is 21.1 Å². The Hall–Kier alpha value is -3.04. The van der Waals surface area contributed by atoms with Gasteiger partial charge in [0.15, 0.2) is 11.5 Å². The Morgan fingerprint density at radius 1 is 1.29 bits per heavy atom. The normalized spacial score (nSPS) is 14.2. The summed E-state index contributed by atoms with van der Waals surface area (Å²) < 4.78 is 25.3. The monoisotopic (exact) mass is 442 g/mol. The van der Waals surface area contributed by atoms with E-state index in [1.807, 2.05) is 13.0 Å². The van der Waals surface area contributed by atoms with Crippen molar-refractivity contribution >= 4 is 23.6 Å². The number of nitrogens with one attached hydrogen (secondary N) is 1. The molecule has 0 bridgehead atoms. The SMILES string of the molecule is CCOc1cc(/C=C(/C#N)C(=O)NC2CCCC2)cc(Cl)c1OCc1ccccc1F. The van der Waals surface area contributed by atoms with Crippen molar-refractivity contribution in [1.82, 2.24) is 5.32 Å². The molecule has 0 atom stereocenters. The number of amides is 1. The third kappa shape index (κ3) is 5.99. The smallest absolute Gasteiger partial charge is 0.262 e. The summed E-state index contributed by atoms with van der Waals surface area (Å²) in [6, 6.07) is 11.6. The first kappa shape index (κ1) is 22.6. The number of carbonyl (C=O) groups excluding carboxylic acids is 1. The van der Waals surface area contributed by atoms with Crippen molar-refractivity contribution in [3.63, 3.8) is 0 Å². The van der Waals surface area contributed by atoms with Gasteiger partial charge in [-0.15, -0.1) is 0 Å². The largest absolute Gasteiger partial charge is 0.490 e. The molecule has 1 amide bonds. The van der Waals surface area contributed by atoms with Gasteiger partial charge in [-0.1, -0.05) is 42.6 Å². The molecule has 5 nitrogen and oxygen atoms in total. The molecule has 1 aliphatic carbocycles. The molecule has 2 aromatic carbocycles. The van der Waals surface area contributed by atoms with Crippen LogP contribution in [0.4, 0.5) is 4.39 Å². The second kappa shape index (κ2) is 10.8. The van der Waals surface area contributed by atoms with Gasteiger partial charge < -0.3 is 14.8 Å².